The first-order chi connectivity index (χ1) is 7.95. The Balaban J connectivity index is 1.97. The Bertz CT molecular complexity index is 372. The third kappa shape index (κ3) is 3.39. The predicted molar refractivity (Wildman–Crippen MR) is 70.7 cm³/mol. The molecule has 1 aromatic heterocycles. The highest BCUT2D eigenvalue weighted by Crippen LogP contribution is 2.25. The molecule has 5 heteroatoms. The fourth-order valence-corrected chi connectivity index (χ4v) is 2.72. The molecular weight excluding hydrogens is 234 g/mol. The van der Waals surface area contributed by atoms with E-state index in [9.17, 15) is 0 Å². The minimum absolute atomic E-state index is 0.0272. The van der Waals surface area contributed by atoms with E-state index in [0.717, 1.165) is 30.4 Å². The van der Waals surface area contributed by atoms with Crippen LogP contribution in [0.5, 0.6) is 0 Å². The van der Waals surface area contributed by atoms with Gasteiger partial charge < -0.3 is 10.1 Å². The van der Waals surface area contributed by atoms with Gasteiger partial charge in [0.2, 0.25) is 5.13 Å². The lowest BCUT2D eigenvalue weighted by Crippen LogP contribution is -2.32. The molecule has 0 radical (unpaired) electrons. The summed E-state index contributed by atoms with van der Waals surface area (Å²) in [5.74, 6) is 0.921. The highest BCUT2D eigenvalue weighted by atomic mass is 32.1. The number of hydrogen-bond donors (Lipinski definition) is 1. The summed E-state index contributed by atoms with van der Waals surface area (Å²) in [6, 6.07) is 0.472. The molecule has 1 aromatic rings. The molecule has 0 bridgehead atoms. The SMILES string of the molecule is CC1CC(Nc2nc(C(C)(C)C)ns2)CCO1. The van der Waals surface area contributed by atoms with E-state index >= 15 is 0 Å². The molecule has 0 aromatic carbocycles. The molecule has 0 aliphatic carbocycles. The van der Waals surface area contributed by atoms with Crippen molar-refractivity contribution in [3.8, 4) is 0 Å². The molecule has 0 spiro atoms. The van der Waals surface area contributed by atoms with E-state index < -0.39 is 0 Å². The molecule has 0 amide bonds. The summed E-state index contributed by atoms with van der Waals surface area (Å²) >= 11 is 1.46. The predicted octanol–water partition coefficient (Wildman–Crippen LogP) is 2.82. The summed E-state index contributed by atoms with van der Waals surface area (Å²) in [6.07, 6.45) is 2.44. The number of aromatic nitrogens is 2. The summed E-state index contributed by atoms with van der Waals surface area (Å²) < 4.78 is 9.94. The molecule has 1 N–H and O–H groups in total. The zero-order chi connectivity index (χ0) is 12.5. The standard InChI is InChI=1S/C12H21N3OS/c1-8-7-9(5-6-16-8)13-11-14-10(15-17-11)12(2,3)4/h8-9H,5-7H2,1-4H3,(H,13,14,15). The Morgan fingerprint density at radius 2 is 2.18 bits per heavy atom. The number of ether oxygens (including phenoxy) is 1. The van der Waals surface area contributed by atoms with Gasteiger partial charge in [0.05, 0.1) is 6.10 Å². The second-order valence-corrected chi connectivity index (χ2v) is 6.47. The molecule has 2 atom stereocenters. The zero-order valence-electron chi connectivity index (χ0n) is 11.0. The van der Waals surface area contributed by atoms with Crippen LogP contribution in [0.1, 0.15) is 46.4 Å². The number of hydrogen-bond acceptors (Lipinski definition) is 5. The Kier molecular flexibility index (Phi) is 3.68. The number of anilines is 1. The highest BCUT2D eigenvalue weighted by Gasteiger charge is 2.23. The van der Waals surface area contributed by atoms with Gasteiger partial charge in [-0.3, -0.25) is 0 Å². The van der Waals surface area contributed by atoms with Crippen molar-refractivity contribution in [2.24, 2.45) is 0 Å². The molecular formula is C12H21N3OS. The summed E-state index contributed by atoms with van der Waals surface area (Å²) in [5.41, 5.74) is 0.0272. The second-order valence-electron chi connectivity index (χ2n) is 5.72. The van der Waals surface area contributed by atoms with Gasteiger partial charge in [0.25, 0.3) is 0 Å². The Hall–Kier alpha value is -0.680. The van der Waals surface area contributed by atoms with Gasteiger partial charge in [-0.05, 0) is 19.8 Å². The maximum absolute atomic E-state index is 5.53. The van der Waals surface area contributed by atoms with E-state index in [4.69, 9.17) is 4.74 Å². The fraction of sp³-hybridized carbons (Fsp3) is 0.833. The van der Waals surface area contributed by atoms with Gasteiger partial charge in [-0.1, -0.05) is 20.8 Å². The monoisotopic (exact) mass is 255 g/mol. The van der Waals surface area contributed by atoms with Crippen LogP contribution in [0, 0.1) is 0 Å². The quantitative estimate of drug-likeness (QED) is 0.882. The average molecular weight is 255 g/mol. The van der Waals surface area contributed by atoms with Crippen molar-refractivity contribution in [3.05, 3.63) is 5.82 Å². The molecule has 0 saturated carbocycles. The molecule has 2 heterocycles. The lowest BCUT2D eigenvalue weighted by molar-refractivity contribution is 0.0232. The molecule has 1 aliphatic heterocycles. The maximum atomic E-state index is 5.53. The number of nitrogens with one attached hydrogen (secondary N) is 1. The van der Waals surface area contributed by atoms with E-state index in [1.54, 1.807) is 0 Å². The summed E-state index contributed by atoms with van der Waals surface area (Å²) in [7, 11) is 0. The van der Waals surface area contributed by atoms with Gasteiger partial charge in [0.1, 0.15) is 5.82 Å². The summed E-state index contributed by atoms with van der Waals surface area (Å²) in [6.45, 7) is 9.36. The minimum Gasteiger partial charge on any atom is -0.378 e. The van der Waals surface area contributed by atoms with E-state index in [-0.39, 0.29) is 5.41 Å². The highest BCUT2D eigenvalue weighted by molar-refractivity contribution is 7.09. The van der Waals surface area contributed by atoms with Gasteiger partial charge in [0, 0.05) is 29.6 Å². The van der Waals surface area contributed by atoms with Crippen molar-refractivity contribution in [1.29, 1.82) is 0 Å². The normalized spacial score (nSPS) is 25.9. The lowest BCUT2D eigenvalue weighted by atomic mass is 9.96. The second kappa shape index (κ2) is 4.90. The fourth-order valence-electron chi connectivity index (χ4n) is 1.89. The van der Waals surface area contributed by atoms with E-state index in [0.29, 0.717) is 12.1 Å². The van der Waals surface area contributed by atoms with Crippen LogP contribution in [0.2, 0.25) is 0 Å². The van der Waals surface area contributed by atoms with Crippen LogP contribution < -0.4 is 5.32 Å². The van der Waals surface area contributed by atoms with Crippen LogP contribution in [0.4, 0.5) is 5.13 Å². The molecule has 2 unspecified atom stereocenters. The van der Waals surface area contributed by atoms with Crippen molar-refractivity contribution >= 4 is 16.7 Å². The van der Waals surface area contributed by atoms with Crippen molar-refractivity contribution in [2.45, 2.75) is 58.1 Å². The first-order valence-corrected chi connectivity index (χ1v) is 6.95. The average Bonchev–Trinajstić information content (AvgIpc) is 2.65. The minimum atomic E-state index is 0.0272. The number of rotatable bonds is 2. The first-order valence-electron chi connectivity index (χ1n) is 6.17. The van der Waals surface area contributed by atoms with Crippen molar-refractivity contribution in [3.63, 3.8) is 0 Å². The van der Waals surface area contributed by atoms with Gasteiger partial charge in [-0.15, -0.1) is 0 Å². The molecule has 1 fully saturated rings. The zero-order valence-corrected chi connectivity index (χ0v) is 11.8. The van der Waals surface area contributed by atoms with Crippen LogP contribution >= 0.6 is 11.5 Å². The molecule has 2 rings (SSSR count). The third-order valence-electron chi connectivity index (χ3n) is 2.91. The molecule has 17 heavy (non-hydrogen) atoms. The van der Waals surface area contributed by atoms with Gasteiger partial charge in [0.15, 0.2) is 0 Å². The van der Waals surface area contributed by atoms with Gasteiger partial charge >= 0.3 is 0 Å². The van der Waals surface area contributed by atoms with Crippen LogP contribution in [-0.4, -0.2) is 28.1 Å². The molecule has 4 nitrogen and oxygen atoms in total. The third-order valence-corrected chi connectivity index (χ3v) is 3.56. The van der Waals surface area contributed by atoms with Gasteiger partial charge in [-0.2, -0.15) is 4.37 Å². The lowest BCUT2D eigenvalue weighted by Gasteiger charge is -2.27. The maximum Gasteiger partial charge on any atom is 0.202 e. The Labute approximate surface area is 107 Å². The first kappa shape index (κ1) is 12.8. The molecule has 1 aliphatic rings. The summed E-state index contributed by atoms with van der Waals surface area (Å²) in [4.78, 5) is 4.56. The van der Waals surface area contributed by atoms with Crippen LogP contribution in [-0.2, 0) is 10.2 Å². The van der Waals surface area contributed by atoms with Crippen LogP contribution in [0.25, 0.3) is 0 Å². The van der Waals surface area contributed by atoms with E-state index in [2.05, 4.69) is 42.4 Å². The topological polar surface area (TPSA) is 47.0 Å². The molecule has 1 saturated heterocycles. The molecule has 96 valence electrons. The van der Waals surface area contributed by atoms with Crippen molar-refractivity contribution in [2.75, 3.05) is 11.9 Å². The number of nitrogens with zero attached hydrogens (tertiary/aromatic N) is 2. The van der Waals surface area contributed by atoms with Crippen LogP contribution in [0.3, 0.4) is 0 Å². The smallest absolute Gasteiger partial charge is 0.202 e. The van der Waals surface area contributed by atoms with Crippen molar-refractivity contribution in [1.82, 2.24) is 9.36 Å². The largest absolute Gasteiger partial charge is 0.378 e. The van der Waals surface area contributed by atoms with Gasteiger partial charge in [-0.25, -0.2) is 4.98 Å². The Morgan fingerprint density at radius 1 is 1.41 bits per heavy atom. The van der Waals surface area contributed by atoms with E-state index in [1.165, 1.54) is 11.5 Å². The van der Waals surface area contributed by atoms with E-state index in [1.807, 2.05) is 0 Å². The summed E-state index contributed by atoms with van der Waals surface area (Å²) in [5, 5.41) is 4.41. The van der Waals surface area contributed by atoms with Crippen molar-refractivity contribution < 1.29 is 4.74 Å². The Morgan fingerprint density at radius 3 is 2.76 bits per heavy atom. The van der Waals surface area contributed by atoms with Crippen LogP contribution in [0.15, 0.2) is 0 Å².